The van der Waals surface area contributed by atoms with Gasteiger partial charge in [0.05, 0.1) is 7.11 Å². The first-order valence-electron chi connectivity index (χ1n) is 6.67. The van der Waals surface area contributed by atoms with Crippen LogP contribution in [0.5, 0.6) is 11.5 Å². The van der Waals surface area contributed by atoms with Gasteiger partial charge in [-0.3, -0.25) is 0 Å². The molecule has 0 aromatic heterocycles. The SMILES string of the molecule is COc1cc(CNC(=O)N2CCCSCC2)ccc1O. The van der Waals surface area contributed by atoms with Crippen molar-refractivity contribution in [2.24, 2.45) is 0 Å². The third kappa shape index (κ3) is 3.96. The van der Waals surface area contributed by atoms with E-state index in [0.717, 1.165) is 36.6 Å². The third-order valence-electron chi connectivity index (χ3n) is 3.20. The molecule has 0 atom stereocenters. The first kappa shape index (κ1) is 14.8. The second-order valence-electron chi connectivity index (χ2n) is 4.62. The number of aromatic hydroxyl groups is 1. The molecule has 20 heavy (non-hydrogen) atoms. The van der Waals surface area contributed by atoms with E-state index in [-0.39, 0.29) is 11.8 Å². The largest absolute Gasteiger partial charge is 0.504 e. The van der Waals surface area contributed by atoms with Gasteiger partial charge in [-0.15, -0.1) is 0 Å². The van der Waals surface area contributed by atoms with Crippen LogP contribution in [0.25, 0.3) is 0 Å². The zero-order valence-corrected chi connectivity index (χ0v) is 12.4. The van der Waals surface area contributed by atoms with Gasteiger partial charge in [0.25, 0.3) is 0 Å². The predicted molar refractivity (Wildman–Crippen MR) is 80.4 cm³/mol. The summed E-state index contributed by atoms with van der Waals surface area (Å²) in [5.74, 6) is 2.65. The Balaban J connectivity index is 1.89. The summed E-state index contributed by atoms with van der Waals surface area (Å²) in [4.78, 5) is 13.9. The number of hydrogen-bond donors (Lipinski definition) is 2. The number of amides is 2. The number of phenolic OH excluding ortho intramolecular Hbond substituents is 1. The molecular formula is C14H20N2O3S. The van der Waals surface area contributed by atoms with Crippen molar-refractivity contribution >= 4 is 17.8 Å². The van der Waals surface area contributed by atoms with Gasteiger partial charge in [0.15, 0.2) is 11.5 Å². The maximum absolute atomic E-state index is 12.1. The lowest BCUT2D eigenvalue weighted by atomic mass is 10.2. The summed E-state index contributed by atoms with van der Waals surface area (Å²) in [6.45, 7) is 2.05. The van der Waals surface area contributed by atoms with Crippen LogP contribution in [0.15, 0.2) is 18.2 Å². The number of rotatable bonds is 3. The van der Waals surface area contributed by atoms with Crippen LogP contribution in [0.3, 0.4) is 0 Å². The molecule has 2 rings (SSSR count). The summed E-state index contributed by atoms with van der Waals surface area (Å²) in [6, 6.07) is 5.05. The second-order valence-corrected chi connectivity index (χ2v) is 5.84. The number of methoxy groups -OCH3 is 1. The number of phenols is 1. The molecule has 110 valence electrons. The first-order valence-corrected chi connectivity index (χ1v) is 7.82. The average Bonchev–Trinajstić information content (AvgIpc) is 2.75. The molecule has 1 fully saturated rings. The summed E-state index contributed by atoms with van der Waals surface area (Å²) in [5.41, 5.74) is 0.900. The number of carbonyl (C=O) groups excluding carboxylic acids is 1. The van der Waals surface area contributed by atoms with E-state index in [2.05, 4.69) is 5.32 Å². The van der Waals surface area contributed by atoms with E-state index in [1.165, 1.54) is 7.11 Å². The minimum absolute atomic E-state index is 0.0282. The topological polar surface area (TPSA) is 61.8 Å². The Labute approximate surface area is 123 Å². The molecule has 0 radical (unpaired) electrons. The summed E-state index contributed by atoms with van der Waals surface area (Å²) in [6.07, 6.45) is 1.05. The van der Waals surface area contributed by atoms with Crippen LogP contribution in [0.4, 0.5) is 4.79 Å². The number of thioether (sulfide) groups is 1. The molecule has 1 saturated heterocycles. The maximum atomic E-state index is 12.1. The molecule has 1 aromatic rings. The fourth-order valence-corrected chi connectivity index (χ4v) is 2.96. The minimum atomic E-state index is -0.0282. The van der Waals surface area contributed by atoms with Crippen molar-refractivity contribution in [3.63, 3.8) is 0 Å². The van der Waals surface area contributed by atoms with Crippen LogP contribution < -0.4 is 10.1 Å². The van der Waals surface area contributed by atoms with Gasteiger partial charge in [-0.25, -0.2) is 4.79 Å². The van der Waals surface area contributed by atoms with Gasteiger partial charge in [-0.05, 0) is 29.9 Å². The normalized spacial score (nSPS) is 15.6. The lowest BCUT2D eigenvalue weighted by Crippen LogP contribution is -2.40. The van der Waals surface area contributed by atoms with Gasteiger partial charge < -0.3 is 20.1 Å². The van der Waals surface area contributed by atoms with Crippen molar-refractivity contribution in [3.05, 3.63) is 23.8 Å². The van der Waals surface area contributed by atoms with Crippen molar-refractivity contribution < 1.29 is 14.6 Å². The highest BCUT2D eigenvalue weighted by Crippen LogP contribution is 2.26. The zero-order chi connectivity index (χ0) is 14.4. The first-order chi connectivity index (χ1) is 9.70. The van der Waals surface area contributed by atoms with Gasteiger partial charge in [-0.1, -0.05) is 6.07 Å². The smallest absolute Gasteiger partial charge is 0.317 e. The Morgan fingerprint density at radius 2 is 2.30 bits per heavy atom. The van der Waals surface area contributed by atoms with E-state index >= 15 is 0 Å². The van der Waals surface area contributed by atoms with E-state index < -0.39 is 0 Å². The molecule has 6 heteroatoms. The molecule has 2 N–H and O–H groups in total. The highest BCUT2D eigenvalue weighted by atomic mass is 32.2. The summed E-state index contributed by atoms with van der Waals surface area (Å²) in [7, 11) is 1.51. The Morgan fingerprint density at radius 3 is 3.10 bits per heavy atom. The number of carbonyl (C=O) groups is 1. The molecule has 1 aliphatic heterocycles. The minimum Gasteiger partial charge on any atom is -0.504 e. The molecule has 5 nitrogen and oxygen atoms in total. The Hall–Kier alpha value is -1.56. The number of hydrogen-bond acceptors (Lipinski definition) is 4. The molecule has 0 unspecified atom stereocenters. The van der Waals surface area contributed by atoms with Gasteiger partial charge in [0, 0.05) is 25.4 Å². The van der Waals surface area contributed by atoms with Crippen LogP contribution in [-0.4, -0.2) is 47.7 Å². The van der Waals surface area contributed by atoms with Crippen molar-refractivity contribution in [3.8, 4) is 11.5 Å². The Morgan fingerprint density at radius 1 is 1.45 bits per heavy atom. The monoisotopic (exact) mass is 296 g/mol. The van der Waals surface area contributed by atoms with Crippen LogP contribution in [0.1, 0.15) is 12.0 Å². The summed E-state index contributed by atoms with van der Waals surface area (Å²) in [5, 5.41) is 12.4. The fraction of sp³-hybridized carbons (Fsp3) is 0.500. The fourth-order valence-electron chi connectivity index (χ4n) is 2.07. The van der Waals surface area contributed by atoms with E-state index in [1.54, 1.807) is 18.2 Å². The molecule has 1 heterocycles. The number of nitrogens with zero attached hydrogens (tertiary/aromatic N) is 1. The lowest BCUT2D eigenvalue weighted by Gasteiger charge is -2.20. The summed E-state index contributed by atoms with van der Waals surface area (Å²) < 4.78 is 5.05. The third-order valence-corrected chi connectivity index (χ3v) is 4.25. The quantitative estimate of drug-likeness (QED) is 0.896. The van der Waals surface area contributed by atoms with E-state index in [0.29, 0.717) is 12.3 Å². The van der Waals surface area contributed by atoms with Crippen LogP contribution in [-0.2, 0) is 6.54 Å². The van der Waals surface area contributed by atoms with E-state index in [1.807, 2.05) is 16.7 Å². The van der Waals surface area contributed by atoms with E-state index in [9.17, 15) is 9.90 Å². The number of nitrogens with one attached hydrogen (secondary N) is 1. The molecule has 0 aliphatic carbocycles. The summed E-state index contributed by atoms with van der Waals surface area (Å²) >= 11 is 1.89. The molecule has 0 saturated carbocycles. The lowest BCUT2D eigenvalue weighted by molar-refractivity contribution is 0.201. The van der Waals surface area contributed by atoms with E-state index in [4.69, 9.17) is 4.74 Å². The predicted octanol–water partition coefficient (Wildman–Crippen LogP) is 2.05. The molecule has 1 aromatic carbocycles. The Kier molecular flexibility index (Phi) is 5.40. The van der Waals surface area contributed by atoms with Gasteiger partial charge >= 0.3 is 6.03 Å². The van der Waals surface area contributed by atoms with Crippen LogP contribution in [0, 0.1) is 0 Å². The Bertz CT molecular complexity index is 460. The number of urea groups is 1. The molecule has 2 amide bonds. The van der Waals surface area contributed by atoms with Crippen LogP contribution >= 0.6 is 11.8 Å². The second kappa shape index (κ2) is 7.28. The van der Waals surface area contributed by atoms with Gasteiger partial charge in [-0.2, -0.15) is 11.8 Å². The highest BCUT2D eigenvalue weighted by Gasteiger charge is 2.15. The maximum Gasteiger partial charge on any atom is 0.317 e. The standard InChI is InChI=1S/C14H20N2O3S/c1-19-13-9-11(3-4-12(13)17)10-15-14(18)16-5-2-7-20-8-6-16/h3-4,9,17H,2,5-8,10H2,1H3,(H,15,18). The number of ether oxygens (including phenoxy) is 1. The van der Waals surface area contributed by atoms with Gasteiger partial charge in [0.1, 0.15) is 0 Å². The van der Waals surface area contributed by atoms with Gasteiger partial charge in [0.2, 0.25) is 0 Å². The van der Waals surface area contributed by atoms with Crippen molar-refractivity contribution in [2.75, 3.05) is 31.7 Å². The highest BCUT2D eigenvalue weighted by molar-refractivity contribution is 7.99. The molecular weight excluding hydrogens is 276 g/mol. The van der Waals surface area contributed by atoms with Crippen molar-refractivity contribution in [2.45, 2.75) is 13.0 Å². The zero-order valence-electron chi connectivity index (χ0n) is 11.6. The average molecular weight is 296 g/mol. The van der Waals surface area contributed by atoms with Crippen molar-refractivity contribution in [1.29, 1.82) is 0 Å². The molecule has 0 bridgehead atoms. The molecule has 1 aliphatic rings. The van der Waals surface area contributed by atoms with Crippen LogP contribution in [0.2, 0.25) is 0 Å². The molecule has 0 spiro atoms. The number of benzene rings is 1. The van der Waals surface area contributed by atoms with Crippen molar-refractivity contribution in [1.82, 2.24) is 10.2 Å².